The fourth-order valence-electron chi connectivity index (χ4n) is 0. The van der Waals surface area contributed by atoms with E-state index in [4.69, 9.17) is 5.73 Å². The average molecular weight is 103 g/mol. The molecule has 0 bridgehead atoms. The van der Waals surface area contributed by atoms with Crippen LogP contribution >= 0.6 is 0 Å². The zero-order valence-corrected chi connectivity index (χ0v) is 6.78. The molecule has 0 amide bonds. The number of rotatable bonds is 1. The lowest BCUT2D eigenvalue weighted by Crippen LogP contribution is -2.15. The van der Waals surface area contributed by atoms with Crippen LogP contribution in [0, 0.1) is 0 Å². The second kappa shape index (κ2) is 1.75. The van der Waals surface area contributed by atoms with Gasteiger partial charge in [0, 0.05) is 10.2 Å². The molecule has 0 aliphatic rings. The van der Waals surface area contributed by atoms with Crippen LogP contribution in [-0.4, -0.2) is 16.8 Å². The molecular weight excluding hydrogens is 90.1 g/mol. The highest BCUT2D eigenvalue weighted by Crippen LogP contribution is 2.12. The predicted octanol–water partition coefficient (Wildman–Crippen LogP) is -0.491. The Labute approximate surface area is 42.3 Å². The summed E-state index contributed by atoms with van der Waals surface area (Å²) in [5, 5.41) is 0.458. The van der Waals surface area contributed by atoms with E-state index in [-0.39, 0.29) is 0 Å². The van der Waals surface area contributed by atoms with Crippen molar-refractivity contribution in [1.82, 2.24) is 0 Å². The minimum absolute atomic E-state index is 0.458. The van der Waals surface area contributed by atoms with Gasteiger partial charge in [-0.2, -0.15) is 0 Å². The molecule has 2 heteroatoms. The first-order valence-corrected chi connectivity index (χ1v) is 3.26. The molecule has 0 radical (unpaired) electrons. The molecular formula is C4H13NSi. The lowest BCUT2D eigenvalue weighted by Gasteiger charge is -2.12. The zero-order chi connectivity index (χ0) is 5.21. The molecule has 1 nitrogen and oxygen atoms in total. The maximum Gasteiger partial charge on any atom is 0.0115 e. The number of hydrogen-bond acceptors (Lipinski definition) is 1. The molecule has 0 unspecified atom stereocenters. The van der Waals surface area contributed by atoms with Crippen LogP contribution in [0.1, 0.15) is 13.8 Å². The van der Waals surface area contributed by atoms with Gasteiger partial charge in [-0.25, -0.2) is 0 Å². The highest BCUT2D eigenvalue weighted by atomic mass is 28.1. The van der Waals surface area contributed by atoms with Gasteiger partial charge < -0.3 is 5.73 Å². The third-order valence-corrected chi connectivity index (χ3v) is 1.02. The summed E-state index contributed by atoms with van der Waals surface area (Å²) in [6.45, 7) is 5.19. The quantitative estimate of drug-likeness (QED) is 0.445. The lowest BCUT2D eigenvalue weighted by molar-refractivity contribution is 0.692. The second-order valence-corrected chi connectivity index (χ2v) is 5.47. The Kier molecular flexibility index (Phi) is 1.81. The highest BCUT2D eigenvalue weighted by molar-refractivity contribution is 6.14. The Morgan fingerprint density at radius 2 is 1.83 bits per heavy atom. The van der Waals surface area contributed by atoms with Gasteiger partial charge in [0.2, 0.25) is 0 Å². The van der Waals surface area contributed by atoms with E-state index in [1.807, 2.05) is 0 Å². The second-order valence-electron chi connectivity index (χ2n) is 2.76. The molecule has 0 aliphatic carbocycles. The van der Waals surface area contributed by atoms with E-state index in [2.05, 4.69) is 13.8 Å². The fourth-order valence-corrected chi connectivity index (χ4v) is 0. The molecule has 6 heavy (non-hydrogen) atoms. The van der Waals surface area contributed by atoms with E-state index in [0.717, 1.165) is 6.54 Å². The van der Waals surface area contributed by atoms with Gasteiger partial charge in [-0.1, -0.05) is 13.8 Å². The van der Waals surface area contributed by atoms with Gasteiger partial charge >= 0.3 is 0 Å². The van der Waals surface area contributed by atoms with Crippen molar-refractivity contribution >= 4 is 10.2 Å². The van der Waals surface area contributed by atoms with Gasteiger partial charge in [0.15, 0.2) is 0 Å². The summed E-state index contributed by atoms with van der Waals surface area (Å²) in [4.78, 5) is 0. The molecule has 0 aromatic carbocycles. The molecule has 0 saturated carbocycles. The molecule has 0 atom stereocenters. The first-order valence-electron chi connectivity index (χ1n) is 2.26. The van der Waals surface area contributed by atoms with E-state index in [0.29, 0.717) is 5.04 Å². The molecule has 0 aromatic rings. The Hall–Kier alpha value is 0.177. The largest absolute Gasteiger partial charge is 0.330 e. The molecule has 38 valence electrons. The Morgan fingerprint density at radius 3 is 1.83 bits per heavy atom. The average Bonchev–Trinajstić information content (AvgIpc) is 1.35. The SMILES string of the molecule is CC(C)([SiH3])CN. The molecule has 0 saturated heterocycles. The summed E-state index contributed by atoms with van der Waals surface area (Å²) < 4.78 is 0. The number of hydrogen-bond donors (Lipinski definition) is 1. The van der Waals surface area contributed by atoms with Crippen molar-refractivity contribution in [3.05, 3.63) is 0 Å². The maximum absolute atomic E-state index is 5.34. The monoisotopic (exact) mass is 103 g/mol. The Morgan fingerprint density at radius 1 is 1.67 bits per heavy atom. The van der Waals surface area contributed by atoms with Gasteiger partial charge in [-0.15, -0.1) is 0 Å². The minimum Gasteiger partial charge on any atom is -0.330 e. The summed E-state index contributed by atoms with van der Waals surface area (Å²) in [6, 6.07) is 0. The third kappa shape index (κ3) is 4.18. The molecule has 0 rings (SSSR count). The van der Waals surface area contributed by atoms with Crippen molar-refractivity contribution in [1.29, 1.82) is 0 Å². The summed E-state index contributed by atoms with van der Waals surface area (Å²) in [5.74, 6) is 0. The van der Waals surface area contributed by atoms with Crippen molar-refractivity contribution in [2.75, 3.05) is 6.54 Å². The smallest absolute Gasteiger partial charge is 0.0115 e. The first-order chi connectivity index (χ1) is 2.56. The summed E-state index contributed by atoms with van der Waals surface area (Å²) in [6.07, 6.45) is 0. The van der Waals surface area contributed by atoms with Gasteiger partial charge in [-0.3, -0.25) is 0 Å². The van der Waals surface area contributed by atoms with Crippen LogP contribution < -0.4 is 5.73 Å². The maximum atomic E-state index is 5.34. The summed E-state index contributed by atoms with van der Waals surface area (Å²) in [7, 11) is 1.20. The Bertz CT molecular complexity index is 37.3. The van der Waals surface area contributed by atoms with E-state index in [1.165, 1.54) is 10.2 Å². The first kappa shape index (κ1) is 6.18. The van der Waals surface area contributed by atoms with Crippen LogP contribution in [0.3, 0.4) is 0 Å². The van der Waals surface area contributed by atoms with Crippen LogP contribution in [0.5, 0.6) is 0 Å². The number of nitrogens with two attached hydrogens (primary N) is 1. The van der Waals surface area contributed by atoms with Crippen LogP contribution in [0.25, 0.3) is 0 Å². The van der Waals surface area contributed by atoms with Crippen molar-refractivity contribution < 1.29 is 0 Å². The van der Waals surface area contributed by atoms with Gasteiger partial charge in [0.1, 0.15) is 0 Å². The van der Waals surface area contributed by atoms with Gasteiger partial charge in [0.05, 0.1) is 0 Å². The van der Waals surface area contributed by atoms with Crippen molar-refractivity contribution in [3.63, 3.8) is 0 Å². The molecule has 0 fully saturated rings. The minimum atomic E-state index is 0.458. The van der Waals surface area contributed by atoms with Crippen LogP contribution in [0.15, 0.2) is 0 Å². The van der Waals surface area contributed by atoms with E-state index < -0.39 is 0 Å². The topological polar surface area (TPSA) is 26.0 Å². The molecule has 0 spiro atoms. The van der Waals surface area contributed by atoms with Gasteiger partial charge in [-0.05, 0) is 11.6 Å². The molecule has 0 aromatic heterocycles. The molecule has 2 N–H and O–H groups in total. The Balaban J connectivity index is 3.17. The van der Waals surface area contributed by atoms with Crippen LogP contribution in [-0.2, 0) is 0 Å². The normalized spacial score (nSPS) is 12.5. The van der Waals surface area contributed by atoms with Crippen LogP contribution in [0.2, 0.25) is 5.04 Å². The lowest BCUT2D eigenvalue weighted by atomic mass is 10.2. The van der Waals surface area contributed by atoms with Gasteiger partial charge in [0.25, 0.3) is 0 Å². The zero-order valence-electron chi connectivity index (χ0n) is 4.78. The van der Waals surface area contributed by atoms with Crippen molar-refractivity contribution in [2.45, 2.75) is 18.9 Å². The molecule has 0 heterocycles. The summed E-state index contributed by atoms with van der Waals surface area (Å²) >= 11 is 0. The highest BCUT2D eigenvalue weighted by Gasteiger charge is 2.03. The fraction of sp³-hybridized carbons (Fsp3) is 1.00. The standard InChI is InChI=1S/C4H13NSi/c1-4(2,6)3-5/h3,5H2,1-2,6H3. The summed E-state index contributed by atoms with van der Waals surface area (Å²) in [5.41, 5.74) is 5.34. The predicted molar refractivity (Wildman–Crippen MR) is 33.0 cm³/mol. The van der Waals surface area contributed by atoms with E-state index >= 15 is 0 Å². The van der Waals surface area contributed by atoms with Crippen molar-refractivity contribution in [3.8, 4) is 0 Å². The van der Waals surface area contributed by atoms with Crippen LogP contribution in [0.4, 0.5) is 0 Å². The van der Waals surface area contributed by atoms with Crippen molar-refractivity contribution in [2.24, 2.45) is 5.73 Å². The third-order valence-electron chi connectivity index (χ3n) is 0.612. The van der Waals surface area contributed by atoms with E-state index in [9.17, 15) is 0 Å². The van der Waals surface area contributed by atoms with E-state index in [1.54, 1.807) is 0 Å². The molecule has 0 aliphatic heterocycles.